The number of nitrogens with one attached hydrogen (secondary N) is 2. The maximum absolute atomic E-state index is 12.9. The van der Waals surface area contributed by atoms with Crippen LogP contribution < -0.4 is 20.1 Å². The Kier molecular flexibility index (Phi) is 8.49. The molecule has 0 aliphatic carbocycles. The van der Waals surface area contributed by atoms with Gasteiger partial charge in [-0.05, 0) is 55.8 Å². The summed E-state index contributed by atoms with van der Waals surface area (Å²) in [4.78, 5) is 38.6. The van der Waals surface area contributed by atoms with Crippen molar-refractivity contribution in [3.05, 3.63) is 93.6 Å². The molecule has 39 heavy (non-hydrogen) atoms. The van der Waals surface area contributed by atoms with Crippen LogP contribution in [0.15, 0.2) is 66.4 Å². The zero-order chi connectivity index (χ0) is 27.9. The number of hydrogen-bond donors (Lipinski definition) is 2. The molecule has 3 aromatic carbocycles. The Balaban J connectivity index is 1.50. The number of benzene rings is 3. The molecule has 4 rings (SSSR count). The summed E-state index contributed by atoms with van der Waals surface area (Å²) in [5, 5.41) is 14.7. The number of amides is 4. The summed E-state index contributed by atoms with van der Waals surface area (Å²) in [5.74, 6) is -0.548. The van der Waals surface area contributed by atoms with Gasteiger partial charge in [0.15, 0.2) is 11.5 Å². The van der Waals surface area contributed by atoms with Crippen molar-refractivity contribution in [2.75, 3.05) is 18.5 Å². The Morgan fingerprint density at radius 3 is 2.59 bits per heavy atom. The van der Waals surface area contributed by atoms with Crippen molar-refractivity contribution in [3.63, 3.8) is 0 Å². The molecule has 198 valence electrons. The van der Waals surface area contributed by atoms with Crippen molar-refractivity contribution < 1.29 is 23.9 Å². The van der Waals surface area contributed by atoms with E-state index in [2.05, 4.69) is 16.7 Å². The SMILES string of the molecule is CCOc1cc(/C=C2/NC(=O)N(CC(=O)Nc3ccc(C)cc3)C2=O)cc(Cl)c1OCc1ccccc1C#N. The first-order valence-corrected chi connectivity index (χ1v) is 12.4. The van der Waals surface area contributed by atoms with E-state index < -0.39 is 24.4 Å². The second-order valence-corrected chi connectivity index (χ2v) is 9.02. The number of halogens is 1. The van der Waals surface area contributed by atoms with E-state index in [1.165, 1.54) is 6.08 Å². The molecule has 3 aromatic rings. The smallest absolute Gasteiger partial charge is 0.329 e. The van der Waals surface area contributed by atoms with Gasteiger partial charge in [0, 0.05) is 11.3 Å². The Hall–Kier alpha value is -4.81. The molecule has 0 aromatic heterocycles. The van der Waals surface area contributed by atoms with Crippen molar-refractivity contribution in [3.8, 4) is 17.6 Å². The fourth-order valence-electron chi connectivity index (χ4n) is 3.84. The minimum atomic E-state index is -0.711. The number of carbonyl (C=O) groups is 3. The van der Waals surface area contributed by atoms with Crippen LogP contribution in [-0.4, -0.2) is 35.9 Å². The van der Waals surface area contributed by atoms with Crippen LogP contribution in [0.4, 0.5) is 10.5 Å². The van der Waals surface area contributed by atoms with Gasteiger partial charge in [0.05, 0.1) is 23.3 Å². The number of ether oxygens (including phenoxy) is 2. The summed E-state index contributed by atoms with van der Waals surface area (Å²) in [5.41, 5.74) is 3.23. The van der Waals surface area contributed by atoms with E-state index >= 15 is 0 Å². The van der Waals surface area contributed by atoms with Gasteiger partial charge in [0.2, 0.25) is 5.91 Å². The largest absolute Gasteiger partial charge is 0.490 e. The number of hydrogen-bond acceptors (Lipinski definition) is 6. The molecule has 0 saturated carbocycles. The molecule has 0 radical (unpaired) electrons. The van der Waals surface area contributed by atoms with Gasteiger partial charge in [-0.15, -0.1) is 0 Å². The van der Waals surface area contributed by atoms with Gasteiger partial charge in [0.1, 0.15) is 18.8 Å². The zero-order valence-electron chi connectivity index (χ0n) is 21.3. The summed E-state index contributed by atoms with van der Waals surface area (Å²) in [7, 11) is 0. The molecular formula is C29H25ClN4O5. The minimum absolute atomic E-state index is 0.0155. The predicted octanol–water partition coefficient (Wildman–Crippen LogP) is 5.03. The molecule has 1 aliphatic rings. The lowest BCUT2D eigenvalue weighted by Crippen LogP contribution is -2.38. The van der Waals surface area contributed by atoms with Gasteiger partial charge in [-0.25, -0.2) is 9.69 Å². The lowest BCUT2D eigenvalue weighted by molar-refractivity contribution is -0.127. The first-order valence-electron chi connectivity index (χ1n) is 12.1. The number of nitrogens with zero attached hydrogens (tertiary/aromatic N) is 2. The van der Waals surface area contributed by atoms with Crippen LogP contribution in [-0.2, 0) is 16.2 Å². The van der Waals surface area contributed by atoms with Crippen molar-refractivity contribution >= 4 is 41.2 Å². The number of imide groups is 1. The average Bonchev–Trinajstić information content (AvgIpc) is 3.17. The molecule has 1 heterocycles. The number of anilines is 1. The predicted molar refractivity (Wildman–Crippen MR) is 146 cm³/mol. The number of carbonyl (C=O) groups excluding carboxylic acids is 3. The zero-order valence-corrected chi connectivity index (χ0v) is 22.0. The van der Waals surface area contributed by atoms with Crippen molar-refractivity contribution in [2.24, 2.45) is 0 Å². The van der Waals surface area contributed by atoms with Gasteiger partial charge >= 0.3 is 6.03 Å². The van der Waals surface area contributed by atoms with Gasteiger partial charge in [-0.3, -0.25) is 9.59 Å². The van der Waals surface area contributed by atoms with Gasteiger partial charge < -0.3 is 20.1 Å². The Labute approximate surface area is 230 Å². The van der Waals surface area contributed by atoms with E-state index in [0.29, 0.717) is 34.7 Å². The molecule has 0 atom stereocenters. The number of aryl methyl sites for hydroxylation is 1. The van der Waals surface area contributed by atoms with Crippen LogP contribution in [0.1, 0.15) is 29.2 Å². The van der Waals surface area contributed by atoms with E-state index in [9.17, 15) is 19.6 Å². The molecule has 2 N–H and O–H groups in total. The van der Waals surface area contributed by atoms with Crippen LogP contribution in [0.5, 0.6) is 11.5 Å². The molecule has 1 fully saturated rings. The molecule has 1 aliphatic heterocycles. The third-order valence-corrected chi connectivity index (χ3v) is 6.03. The van der Waals surface area contributed by atoms with Crippen LogP contribution in [0, 0.1) is 18.3 Å². The van der Waals surface area contributed by atoms with Crippen LogP contribution >= 0.6 is 11.6 Å². The molecule has 0 spiro atoms. The summed E-state index contributed by atoms with van der Waals surface area (Å²) < 4.78 is 11.6. The highest BCUT2D eigenvalue weighted by Crippen LogP contribution is 2.38. The van der Waals surface area contributed by atoms with Gasteiger partial charge in [-0.1, -0.05) is 47.5 Å². The second kappa shape index (κ2) is 12.2. The lowest BCUT2D eigenvalue weighted by atomic mass is 10.1. The molecule has 4 amide bonds. The Bertz CT molecular complexity index is 1490. The average molecular weight is 545 g/mol. The summed E-state index contributed by atoms with van der Waals surface area (Å²) in [6, 6.07) is 18.8. The molecule has 1 saturated heterocycles. The second-order valence-electron chi connectivity index (χ2n) is 8.61. The van der Waals surface area contributed by atoms with Crippen LogP contribution in [0.3, 0.4) is 0 Å². The van der Waals surface area contributed by atoms with Crippen molar-refractivity contribution in [1.29, 1.82) is 5.26 Å². The van der Waals surface area contributed by atoms with Crippen LogP contribution in [0.2, 0.25) is 5.02 Å². The molecule has 0 unspecified atom stereocenters. The number of rotatable bonds is 9. The molecule has 0 bridgehead atoms. The maximum atomic E-state index is 12.9. The van der Waals surface area contributed by atoms with E-state index in [4.69, 9.17) is 21.1 Å². The standard InChI is InChI=1S/C29H25ClN4O5/c1-3-38-25-14-19(12-23(30)27(25)39-17-21-7-5-4-6-20(21)15-31)13-24-28(36)34(29(37)33-24)16-26(35)32-22-10-8-18(2)9-11-22/h4-14H,3,16-17H2,1-2H3,(H,32,35)(H,33,37)/b24-13+. The van der Waals surface area contributed by atoms with E-state index in [-0.39, 0.29) is 23.1 Å². The number of urea groups is 1. The Morgan fingerprint density at radius 1 is 1.13 bits per heavy atom. The third-order valence-electron chi connectivity index (χ3n) is 5.75. The highest BCUT2D eigenvalue weighted by atomic mass is 35.5. The normalized spacial score (nSPS) is 13.7. The topological polar surface area (TPSA) is 121 Å². The third kappa shape index (κ3) is 6.55. The number of nitriles is 1. The monoisotopic (exact) mass is 544 g/mol. The lowest BCUT2D eigenvalue weighted by Gasteiger charge is -2.15. The van der Waals surface area contributed by atoms with Gasteiger partial charge in [-0.2, -0.15) is 5.26 Å². The molecule has 9 nitrogen and oxygen atoms in total. The van der Waals surface area contributed by atoms with E-state index in [1.54, 1.807) is 49.4 Å². The first kappa shape index (κ1) is 27.2. The maximum Gasteiger partial charge on any atom is 0.329 e. The van der Waals surface area contributed by atoms with E-state index in [1.807, 2.05) is 25.1 Å². The highest BCUT2D eigenvalue weighted by Gasteiger charge is 2.35. The first-order chi connectivity index (χ1) is 18.8. The molecular weight excluding hydrogens is 520 g/mol. The summed E-state index contributed by atoms with van der Waals surface area (Å²) >= 11 is 6.51. The summed E-state index contributed by atoms with van der Waals surface area (Å²) in [6.07, 6.45) is 1.45. The quantitative estimate of drug-likeness (QED) is 0.288. The molecule has 10 heteroatoms. The van der Waals surface area contributed by atoms with Crippen molar-refractivity contribution in [1.82, 2.24) is 10.2 Å². The van der Waals surface area contributed by atoms with E-state index in [0.717, 1.165) is 10.5 Å². The highest BCUT2D eigenvalue weighted by molar-refractivity contribution is 6.32. The van der Waals surface area contributed by atoms with Crippen molar-refractivity contribution in [2.45, 2.75) is 20.5 Å². The Morgan fingerprint density at radius 2 is 1.87 bits per heavy atom. The van der Waals surface area contributed by atoms with Crippen LogP contribution in [0.25, 0.3) is 6.08 Å². The fourth-order valence-corrected chi connectivity index (χ4v) is 4.12. The van der Waals surface area contributed by atoms with Gasteiger partial charge in [0.25, 0.3) is 5.91 Å². The summed E-state index contributed by atoms with van der Waals surface area (Å²) in [6.45, 7) is 3.69. The minimum Gasteiger partial charge on any atom is -0.490 e. The fraction of sp³-hybridized carbons (Fsp3) is 0.172.